The van der Waals surface area contributed by atoms with Gasteiger partial charge in [0.2, 0.25) is 0 Å². The van der Waals surface area contributed by atoms with Gasteiger partial charge in [-0.1, -0.05) is 11.6 Å². The number of nitrogens with zero attached hydrogens (tertiary/aromatic N) is 2. The van der Waals surface area contributed by atoms with Crippen LogP contribution in [0.5, 0.6) is 11.5 Å². The van der Waals surface area contributed by atoms with Crippen LogP contribution >= 0.6 is 23.2 Å². The minimum Gasteiger partial charge on any atom is -0.491 e. The quantitative estimate of drug-likeness (QED) is 0.446. The van der Waals surface area contributed by atoms with Crippen molar-refractivity contribution < 1.29 is 14.2 Å². The highest BCUT2D eigenvalue weighted by atomic mass is 35.5. The molecule has 0 aliphatic heterocycles. The molecule has 0 saturated carbocycles. The first-order chi connectivity index (χ1) is 9.76. The van der Waals surface area contributed by atoms with Crippen molar-refractivity contribution in [2.45, 2.75) is 0 Å². The number of hydrogen-bond acceptors (Lipinski definition) is 5. The Bertz CT molecular complexity index is 581. The first-order valence-corrected chi connectivity index (χ1v) is 6.92. The maximum Gasteiger partial charge on any atom is 0.144 e. The molecule has 0 unspecified atom stereocenters. The summed E-state index contributed by atoms with van der Waals surface area (Å²) < 4.78 is 16.1. The van der Waals surface area contributed by atoms with Crippen molar-refractivity contribution in [3.63, 3.8) is 0 Å². The topological polar surface area (TPSA) is 53.5 Å². The summed E-state index contributed by atoms with van der Waals surface area (Å²) in [5.74, 6) is 1.57. The fourth-order valence-corrected chi connectivity index (χ4v) is 1.99. The SMILES string of the molecule is COCCOc1cc(OCCCl)c2c(Cl)ncnc2c1. The highest BCUT2D eigenvalue weighted by Gasteiger charge is 2.11. The largest absolute Gasteiger partial charge is 0.491 e. The molecule has 0 amide bonds. The van der Waals surface area contributed by atoms with Gasteiger partial charge in [0.25, 0.3) is 0 Å². The van der Waals surface area contributed by atoms with Gasteiger partial charge in [-0.2, -0.15) is 0 Å². The number of alkyl halides is 1. The zero-order valence-electron chi connectivity index (χ0n) is 10.9. The first kappa shape index (κ1) is 15.1. The van der Waals surface area contributed by atoms with Gasteiger partial charge in [-0.15, -0.1) is 11.6 Å². The Balaban J connectivity index is 2.36. The summed E-state index contributed by atoms with van der Waals surface area (Å²) in [5, 5.41) is 0.987. The van der Waals surface area contributed by atoms with E-state index < -0.39 is 0 Å². The van der Waals surface area contributed by atoms with Crippen LogP contribution in [-0.4, -0.2) is 42.8 Å². The Morgan fingerprint density at radius 3 is 2.70 bits per heavy atom. The number of ether oxygens (including phenoxy) is 3. The lowest BCUT2D eigenvalue weighted by atomic mass is 10.2. The van der Waals surface area contributed by atoms with Crippen LogP contribution in [0.3, 0.4) is 0 Å². The number of rotatable bonds is 7. The van der Waals surface area contributed by atoms with Gasteiger partial charge < -0.3 is 14.2 Å². The van der Waals surface area contributed by atoms with Crippen LogP contribution in [0, 0.1) is 0 Å². The Morgan fingerprint density at radius 1 is 1.10 bits per heavy atom. The molecule has 0 spiro atoms. The monoisotopic (exact) mass is 316 g/mol. The van der Waals surface area contributed by atoms with E-state index in [1.807, 2.05) is 0 Å². The average molecular weight is 317 g/mol. The molecule has 0 aliphatic rings. The fourth-order valence-electron chi connectivity index (χ4n) is 1.68. The molecule has 0 aliphatic carbocycles. The average Bonchev–Trinajstić information content (AvgIpc) is 2.45. The summed E-state index contributed by atoms with van der Waals surface area (Å²) in [6.07, 6.45) is 1.40. The van der Waals surface area contributed by atoms with Gasteiger partial charge in [0.15, 0.2) is 0 Å². The van der Waals surface area contributed by atoms with E-state index in [2.05, 4.69) is 9.97 Å². The molecular formula is C13H14Cl2N2O3. The van der Waals surface area contributed by atoms with Crippen molar-refractivity contribution in [1.82, 2.24) is 9.97 Å². The number of methoxy groups -OCH3 is 1. The van der Waals surface area contributed by atoms with Crippen LogP contribution in [0.1, 0.15) is 0 Å². The van der Waals surface area contributed by atoms with E-state index in [-0.39, 0.29) is 0 Å². The van der Waals surface area contributed by atoms with Crippen molar-refractivity contribution in [2.24, 2.45) is 0 Å². The summed E-state index contributed by atoms with van der Waals surface area (Å²) in [6, 6.07) is 3.53. The van der Waals surface area contributed by atoms with E-state index in [9.17, 15) is 0 Å². The Morgan fingerprint density at radius 2 is 1.95 bits per heavy atom. The maximum atomic E-state index is 6.10. The molecule has 2 aromatic rings. The standard InChI is InChI=1S/C13H14Cl2N2O3/c1-18-4-5-19-9-6-10-12(13(15)17-8-16-10)11(7-9)20-3-2-14/h6-8H,2-5H2,1H3. The third-order valence-corrected chi connectivity index (χ3v) is 2.96. The van der Waals surface area contributed by atoms with Gasteiger partial charge in [-0.3, -0.25) is 0 Å². The van der Waals surface area contributed by atoms with Crippen LogP contribution in [0.2, 0.25) is 5.15 Å². The second kappa shape index (κ2) is 7.47. The zero-order valence-corrected chi connectivity index (χ0v) is 12.4. The van der Waals surface area contributed by atoms with Gasteiger partial charge in [0.1, 0.15) is 36.2 Å². The molecule has 0 bridgehead atoms. The smallest absolute Gasteiger partial charge is 0.144 e. The number of fused-ring (bicyclic) bond motifs is 1. The van der Waals surface area contributed by atoms with Crippen LogP contribution < -0.4 is 9.47 Å². The predicted molar refractivity (Wildman–Crippen MR) is 78.1 cm³/mol. The van der Waals surface area contributed by atoms with E-state index in [0.717, 1.165) is 0 Å². The van der Waals surface area contributed by atoms with Gasteiger partial charge >= 0.3 is 0 Å². The zero-order chi connectivity index (χ0) is 14.4. The predicted octanol–water partition coefficient (Wildman–Crippen LogP) is 2.93. The molecule has 7 heteroatoms. The van der Waals surface area contributed by atoms with Gasteiger partial charge in [0.05, 0.1) is 23.4 Å². The molecule has 0 saturated heterocycles. The second-order valence-corrected chi connectivity index (χ2v) is 4.59. The molecule has 0 fully saturated rings. The number of aromatic nitrogens is 2. The maximum absolute atomic E-state index is 6.10. The Hall–Kier alpha value is -1.30. The minimum absolute atomic E-state index is 0.336. The molecule has 0 radical (unpaired) electrons. The van der Waals surface area contributed by atoms with Crippen molar-refractivity contribution >= 4 is 34.1 Å². The van der Waals surface area contributed by atoms with Gasteiger partial charge in [-0.25, -0.2) is 9.97 Å². The molecule has 1 aromatic heterocycles. The van der Waals surface area contributed by atoms with E-state index in [0.29, 0.717) is 53.3 Å². The highest BCUT2D eigenvalue weighted by molar-refractivity contribution is 6.34. The molecule has 20 heavy (non-hydrogen) atoms. The summed E-state index contributed by atoms with van der Waals surface area (Å²) in [7, 11) is 1.62. The molecule has 2 rings (SSSR count). The summed E-state index contributed by atoms with van der Waals surface area (Å²) >= 11 is 11.7. The first-order valence-electron chi connectivity index (χ1n) is 6.01. The third kappa shape index (κ3) is 3.62. The summed E-state index contributed by atoms with van der Waals surface area (Å²) in [5.41, 5.74) is 0.657. The molecular weight excluding hydrogens is 303 g/mol. The number of hydrogen-bond donors (Lipinski definition) is 0. The minimum atomic E-state index is 0.336. The van der Waals surface area contributed by atoms with E-state index in [4.69, 9.17) is 37.4 Å². The van der Waals surface area contributed by atoms with Crippen LogP contribution in [0.4, 0.5) is 0 Å². The lowest BCUT2D eigenvalue weighted by Crippen LogP contribution is -2.05. The van der Waals surface area contributed by atoms with Crippen molar-refractivity contribution in [3.05, 3.63) is 23.6 Å². The van der Waals surface area contributed by atoms with Crippen molar-refractivity contribution in [2.75, 3.05) is 32.8 Å². The molecule has 108 valence electrons. The highest BCUT2D eigenvalue weighted by Crippen LogP contribution is 2.33. The van der Waals surface area contributed by atoms with Crippen LogP contribution in [0.15, 0.2) is 18.5 Å². The van der Waals surface area contributed by atoms with E-state index in [1.165, 1.54) is 6.33 Å². The molecule has 1 aromatic carbocycles. The lowest BCUT2D eigenvalue weighted by molar-refractivity contribution is 0.146. The van der Waals surface area contributed by atoms with E-state index >= 15 is 0 Å². The van der Waals surface area contributed by atoms with E-state index in [1.54, 1.807) is 19.2 Å². The fraction of sp³-hybridized carbons (Fsp3) is 0.385. The summed E-state index contributed by atoms with van der Waals surface area (Å²) in [6.45, 7) is 1.31. The van der Waals surface area contributed by atoms with Crippen molar-refractivity contribution in [3.8, 4) is 11.5 Å². The van der Waals surface area contributed by atoms with Gasteiger partial charge in [-0.05, 0) is 0 Å². The van der Waals surface area contributed by atoms with Crippen molar-refractivity contribution in [1.29, 1.82) is 0 Å². The second-order valence-electron chi connectivity index (χ2n) is 3.86. The number of benzene rings is 1. The van der Waals surface area contributed by atoms with Crippen LogP contribution in [-0.2, 0) is 4.74 Å². The molecule has 1 heterocycles. The molecule has 5 nitrogen and oxygen atoms in total. The lowest BCUT2D eigenvalue weighted by Gasteiger charge is -2.12. The van der Waals surface area contributed by atoms with Gasteiger partial charge in [0, 0.05) is 19.2 Å². The Labute approximate surface area is 126 Å². The normalized spacial score (nSPS) is 10.8. The molecule has 0 atom stereocenters. The summed E-state index contributed by atoms with van der Waals surface area (Å²) in [4.78, 5) is 8.14. The third-order valence-electron chi connectivity index (χ3n) is 2.52. The van der Waals surface area contributed by atoms with Crippen LogP contribution in [0.25, 0.3) is 10.9 Å². The Kier molecular flexibility index (Phi) is 5.64. The molecule has 0 N–H and O–H groups in total. The number of halogens is 2.